The largest absolute Gasteiger partial charge is 0.456 e. The number of aryl methyl sites for hydroxylation is 1. The summed E-state index contributed by atoms with van der Waals surface area (Å²) >= 11 is 0. The lowest BCUT2D eigenvalue weighted by molar-refractivity contribution is 0.607. The van der Waals surface area contributed by atoms with Crippen LogP contribution in [0.15, 0.2) is 98.9 Å². The van der Waals surface area contributed by atoms with Gasteiger partial charge in [-0.05, 0) is 59.7 Å². The second kappa shape index (κ2) is 7.38. The Morgan fingerprint density at radius 3 is 2.19 bits per heavy atom. The van der Waals surface area contributed by atoms with Gasteiger partial charge in [0.2, 0.25) is 0 Å². The molecule has 0 unspecified atom stereocenters. The molecule has 0 atom stereocenters. The minimum Gasteiger partial charge on any atom is -0.456 e. The molecule has 176 valence electrons. The van der Waals surface area contributed by atoms with Gasteiger partial charge in [-0.2, -0.15) is 4.58 Å². The highest BCUT2D eigenvalue weighted by molar-refractivity contribution is 6.30. The molecule has 0 spiro atoms. The number of hydrogen-bond donors (Lipinski definition) is 1. The normalized spacial score (nSPS) is 13.8. The maximum atomic E-state index is 6.50. The summed E-state index contributed by atoms with van der Waals surface area (Å²) in [5, 5.41) is 8.93. The lowest BCUT2D eigenvalue weighted by Gasteiger charge is -2.10. The van der Waals surface area contributed by atoms with Gasteiger partial charge >= 0.3 is 5.84 Å². The van der Waals surface area contributed by atoms with Crippen molar-refractivity contribution in [3.8, 4) is 0 Å². The summed E-state index contributed by atoms with van der Waals surface area (Å²) in [5.74, 6) is 1.60. The SMILES string of the molecule is Cc1c2c3oc4cccc(c5cccc6oc7ccc(c1c7c65)=[N+](/C(=N\CN)c1ccccc1)C=C3)c42. The van der Waals surface area contributed by atoms with E-state index >= 15 is 0 Å². The molecule has 7 aromatic rings. The molecule has 1 aliphatic rings. The first-order valence-corrected chi connectivity index (χ1v) is 12.4. The standard InChI is InChI=1S/C32H22N3O2/c1-18-27-22-13-14-25-31(27)30-21(10-6-12-24(30)36-25)20-9-5-11-23-29(20)28(18)26(37-23)15-16-35(22)32(34-17-33)19-7-3-2-4-8-19/h2-16H,17,33H2,1H3/q+1/b16-15?,21-20?,26-15?,27-18?,28-18?,34-32-,35-16?,35-22?. The summed E-state index contributed by atoms with van der Waals surface area (Å²) in [5.41, 5.74) is 10.7. The van der Waals surface area contributed by atoms with Crippen molar-refractivity contribution in [2.75, 3.05) is 6.67 Å². The first-order chi connectivity index (χ1) is 18.2. The van der Waals surface area contributed by atoms with Crippen molar-refractivity contribution in [2.45, 2.75) is 6.92 Å². The lowest BCUT2D eigenvalue weighted by atomic mass is 9.93. The molecule has 5 nitrogen and oxygen atoms in total. The van der Waals surface area contributed by atoms with E-state index in [0.717, 1.165) is 82.5 Å². The number of aliphatic imine (C=N–C) groups is 1. The molecule has 2 bridgehead atoms. The van der Waals surface area contributed by atoms with Crippen LogP contribution in [0.2, 0.25) is 0 Å². The van der Waals surface area contributed by atoms with Gasteiger partial charge in [0, 0.05) is 33.0 Å². The molecule has 1 aliphatic heterocycles. The fraction of sp³-hybridized carbons (Fsp3) is 0.0625. The van der Waals surface area contributed by atoms with Crippen LogP contribution in [0.25, 0.3) is 60.5 Å². The number of fused-ring (bicyclic) bond motifs is 1. The molecule has 2 N–H and O–H groups in total. The Hall–Kier alpha value is -4.74. The second-order valence-corrected chi connectivity index (χ2v) is 9.47. The van der Waals surface area contributed by atoms with E-state index in [2.05, 4.69) is 66.1 Å². The molecule has 0 aliphatic carbocycles. The number of benzene rings is 4. The summed E-state index contributed by atoms with van der Waals surface area (Å²) in [6.07, 6.45) is 4.09. The Kier molecular flexibility index (Phi) is 4.08. The zero-order valence-corrected chi connectivity index (χ0v) is 20.2. The summed E-state index contributed by atoms with van der Waals surface area (Å²) in [7, 11) is 0. The van der Waals surface area contributed by atoms with Crippen molar-refractivity contribution in [1.82, 2.24) is 4.58 Å². The molecule has 0 fully saturated rings. The molecule has 5 heteroatoms. The number of hydrogen-bond acceptors (Lipinski definition) is 4. The number of rotatable bonds is 2. The number of nitrogens with zero attached hydrogens (tertiary/aromatic N) is 2. The van der Waals surface area contributed by atoms with Gasteiger partial charge in [0.25, 0.3) is 0 Å². The van der Waals surface area contributed by atoms with Crippen LogP contribution in [0, 0.1) is 6.92 Å². The number of furan rings is 2. The van der Waals surface area contributed by atoms with E-state index in [1.807, 2.05) is 36.5 Å². The van der Waals surface area contributed by atoms with Crippen molar-refractivity contribution < 1.29 is 8.83 Å². The van der Waals surface area contributed by atoms with E-state index < -0.39 is 0 Å². The van der Waals surface area contributed by atoms with Crippen molar-refractivity contribution in [2.24, 2.45) is 10.7 Å². The smallest absolute Gasteiger partial charge is 0.331 e. The molecule has 0 saturated carbocycles. The third-order valence-corrected chi connectivity index (χ3v) is 7.56. The molecule has 3 heterocycles. The topological polar surface area (TPSA) is 67.7 Å². The van der Waals surface area contributed by atoms with Crippen molar-refractivity contribution in [3.63, 3.8) is 0 Å². The molecule has 37 heavy (non-hydrogen) atoms. The van der Waals surface area contributed by atoms with Crippen molar-refractivity contribution in [1.29, 1.82) is 0 Å². The first kappa shape index (κ1) is 20.5. The van der Waals surface area contributed by atoms with E-state index in [-0.39, 0.29) is 6.67 Å². The van der Waals surface area contributed by atoms with Crippen LogP contribution in [-0.4, -0.2) is 12.5 Å². The van der Waals surface area contributed by atoms with E-state index in [0.29, 0.717) is 0 Å². The second-order valence-electron chi connectivity index (χ2n) is 9.47. The Morgan fingerprint density at radius 2 is 1.43 bits per heavy atom. The summed E-state index contributed by atoms with van der Waals surface area (Å²) in [4.78, 5) is 4.76. The molecular weight excluding hydrogens is 458 g/mol. The Labute approximate surface area is 211 Å². The van der Waals surface area contributed by atoms with Gasteiger partial charge in [-0.1, -0.05) is 47.5 Å². The van der Waals surface area contributed by atoms with Crippen LogP contribution in [-0.2, 0) is 0 Å². The molecule has 0 radical (unpaired) electrons. The van der Waals surface area contributed by atoms with Crippen LogP contribution in [0.3, 0.4) is 0 Å². The summed E-state index contributed by atoms with van der Waals surface area (Å²) in [6.45, 7) is 2.36. The zero-order valence-electron chi connectivity index (χ0n) is 20.2. The quantitative estimate of drug-likeness (QED) is 0.174. The molecule has 2 aromatic heterocycles. The average molecular weight is 481 g/mol. The fourth-order valence-electron chi connectivity index (χ4n) is 6.10. The van der Waals surface area contributed by atoms with Gasteiger partial charge in [-0.25, -0.2) is 0 Å². The third kappa shape index (κ3) is 2.66. The maximum Gasteiger partial charge on any atom is 0.331 e. The minimum atomic E-state index is 0.173. The average Bonchev–Trinajstić information content (AvgIpc) is 3.49. The van der Waals surface area contributed by atoms with Crippen molar-refractivity contribution >= 4 is 66.4 Å². The van der Waals surface area contributed by atoms with E-state index in [9.17, 15) is 0 Å². The van der Waals surface area contributed by atoms with Crippen LogP contribution in [0.4, 0.5) is 0 Å². The zero-order chi connectivity index (χ0) is 24.7. The van der Waals surface area contributed by atoms with Gasteiger partial charge in [0.1, 0.15) is 34.1 Å². The van der Waals surface area contributed by atoms with Crippen LogP contribution < -0.4 is 15.7 Å². The van der Waals surface area contributed by atoms with Crippen LogP contribution >= 0.6 is 0 Å². The highest BCUT2D eigenvalue weighted by Gasteiger charge is 2.25. The van der Waals surface area contributed by atoms with Gasteiger partial charge in [-0.15, -0.1) is 0 Å². The third-order valence-electron chi connectivity index (χ3n) is 7.56. The Balaban J connectivity index is 1.72. The molecule has 0 amide bonds. The molecule has 8 rings (SSSR count). The monoisotopic (exact) mass is 480 g/mol. The summed E-state index contributed by atoms with van der Waals surface area (Å²) < 4.78 is 15.1. The number of amidine groups is 1. The minimum absolute atomic E-state index is 0.173. The van der Waals surface area contributed by atoms with Gasteiger partial charge in [0.15, 0.2) is 6.67 Å². The van der Waals surface area contributed by atoms with Crippen LogP contribution in [0.5, 0.6) is 0 Å². The van der Waals surface area contributed by atoms with Gasteiger partial charge < -0.3 is 8.83 Å². The highest BCUT2D eigenvalue weighted by atomic mass is 16.3. The van der Waals surface area contributed by atoms with E-state index in [1.54, 1.807) is 0 Å². The molecular formula is C32H22N3O2+. The lowest BCUT2D eigenvalue weighted by Crippen LogP contribution is -2.33. The van der Waals surface area contributed by atoms with E-state index in [4.69, 9.17) is 19.6 Å². The van der Waals surface area contributed by atoms with Crippen LogP contribution in [0.1, 0.15) is 16.9 Å². The summed E-state index contributed by atoms with van der Waals surface area (Å²) in [6, 6.07) is 27.0. The Bertz CT molecular complexity index is 2180. The van der Waals surface area contributed by atoms with Crippen molar-refractivity contribution in [3.05, 3.63) is 107 Å². The fourth-order valence-corrected chi connectivity index (χ4v) is 6.10. The molecule has 5 aromatic carbocycles. The molecule has 0 saturated heterocycles. The van der Waals surface area contributed by atoms with Gasteiger partial charge in [0.05, 0.1) is 5.56 Å². The highest BCUT2D eigenvalue weighted by Crippen LogP contribution is 2.43. The predicted octanol–water partition coefficient (Wildman–Crippen LogP) is 6.50. The van der Waals surface area contributed by atoms with Gasteiger partial charge in [-0.3, -0.25) is 5.73 Å². The number of nitrogens with two attached hydrogens (primary N) is 1. The maximum absolute atomic E-state index is 6.50. The Morgan fingerprint density at radius 1 is 0.730 bits per heavy atom. The first-order valence-electron chi connectivity index (χ1n) is 12.4. The predicted molar refractivity (Wildman–Crippen MR) is 151 cm³/mol. The van der Waals surface area contributed by atoms with E-state index in [1.165, 1.54) is 0 Å².